The highest BCUT2D eigenvalue weighted by atomic mass is 31.1. The molecule has 4 amide bonds. The summed E-state index contributed by atoms with van der Waals surface area (Å²) in [6.45, 7) is 3.56. The molecular weight excluding hydrogens is 303 g/mol. The van der Waals surface area contributed by atoms with E-state index in [1.54, 1.807) is 30.3 Å². The van der Waals surface area contributed by atoms with Crippen LogP contribution in [0, 0.1) is 5.92 Å². The quantitative estimate of drug-likeness (QED) is 0.482. The predicted molar refractivity (Wildman–Crippen MR) is 80.0 cm³/mol. The van der Waals surface area contributed by atoms with Gasteiger partial charge in [-0.1, -0.05) is 18.2 Å². The Morgan fingerprint density at radius 1 is 1.09 bits per heavy atom. The first-order valence-corrected chi connectivity index (χ1v) is 7.66. The van der Waals surface area contributed by atoms with Crippen LogP contribution in [0.1, 0.15) is 33.6 Å². The molecule has 2 aliphatic heterocycles. The fourth-order valence-electron chi connectivity index (χ4n) is 2.57. The van der Waals surface area contributed by atoms with Crippen LogP contribution in [0.3, 0.4) is 0 Å². The highest BCUT2D eigenvalue weighted by Gasteiger charge is 2.43. The smallest absolute Gasteiger partial charge is 0.266 e. The van der Waals surface area contributed by atoms with Crippen LogP contribution < -0.4 is 0 Å². The van der Waals surface area contributed by atoms with E-state index in [-0.39, 0.29) is 18.2 Å². The van der Waals surface area contributed by atoms with E-state index >= 15 is 0 Å². The van der Waals surface area contributed by atoms with Crippen molar-refractivity contribution in [3.05, 3.63) is 48.0 Å². The molecule has 0 N–H and O–H groups in total. The summed E-state index contributed by atoms with van der Waals surface area (Å²) in [4.78, 5) is 48.7. The molecule has 0 spiro atoms. The Morgan fingerprint density at radius 3 is 2.23 bits per heavy atom. The van der Waals surface area contributed by atoms with Crippen molar-refractivity contribution in [3.63, 3.8) is 0 Å². The summed E-state index contributed by atoms with van der Waals surface area (Å²) in [5.41, 5.74) is 0.614. The van der Waals surface area contributed by atoms with Gasteiger partial charge >= 0.3 is 0 Å². The van der Waals surface area contributed by atoms with Crippen LogP contribution in [0.25, 0.3) is 0 Å². The molecule has 3 rings (SSSR count). The summed E-state index contributed by atoms with van der Waals surface area (Å²) in [6.07, 6.45) is 2.10. The van der Waals surface area contributed by atoms with E-state index in [1.165, 1.54) is 0 Å². The van der Waals surface area contributed by atoms with E-state index < -0.39 is 26.6 Å². The van der Waals surface area contributed by atoms with Crippen LogP contribution >= 0.6 is 8.88 Å². The lowest BCUT2D eigenvalue weighted by Gasteiger charge is -2.20. The highest BCUT2D eigenvalue weighted by molar-refractivity contribution is 7.36. The summed E-state index contributed by atoms with van der Waals surface area (Å²) in [5, 5.41) is 0. The number of fused-ring (bicyclic) bond motifs is 1. The molecule has 1 fully saturated rings. The SMILES string of the molecule is C=CCC1CC(=O)N(PN2C(=O)c3ccccc3C2=O)C1=O. The Bertz CT molecular complexity index is 680. The summed E-state index contributed by atoms with van der Waals surface area (Å²) in [5.74, 6) is -2.07. The molecule has 0 saturated carbocycles. The molecule has 0 aliphatic carbocycles. The van der Waals surface area contributed by atoms with E-state index in [2.05, 4.69) is 6.58 Å². The Balaban J connectivity index is 1.82. The number of rotatable bonds is 4. The van der Waals surface area contributed by atoms with Crippen molar-refractivity contribution < 1.29 is 19.2 Å². The fourth-order valence-corrected chi connectivity index (χ4v) is 3.67. The molecule has 1 saturated heterocycles. The average Bonchev–Trinajstić information content (AvgIpc) is 2.91. The third kappa shape index (κ3) is 2.16. The Labute approximate surface area is 128 Å². The molecule has 6 nitrogen and oxygen atoms in total. The van der Waals surface area contributed by atoms with Crippen molar-refractivity contribution in [2.75, 3.05) is 0 Å². The number of allylic oxidation sites excluding steroid dienone is 1. The molecule has 7 heteroatoms. The first-order chi connectivity index (χ1) is 10.5. The van der Waals surface area contributed by atoms with Gasteiger partial charge in [0, 0.05) is 6.42 Å². The minimum absolute atomic E-state index is 0.0982. The van der Waals surface area contributed by atoms with Crippen LogP contribution in [0.4, 0.5) is 0 Å². The third-order valence-corrected chi connectivity index (χ3v) is 4.96. The molecule has 1 aromatic rings. The first-order valence-electron chi connectivity index (χ1n) is 6.76. The van der Waals surface area contributed by atoms with Gasteiger partial charge in [0.15, 0.2) is 0 Å². The lowest BCUT2D eigenvalue weighted by Crippen LogP contribution is -2.31. The lowest BCUT2D eigenvalue weighted by atomic mass is 10.0. The predicted octanol–water partition coefficient (Wildman–Crippen LogP) is 1.74. The number of imide groups is 2. The second-order valence-corrected chi connectivity index (χ2v) is 6.18. The Kier molecular flexibility index (Phi) is 3.62. The molecule has 112 valence electrons. The normalized spacial score (nSPS) is 21.4. The number of hydrogen-bond acceptors (Lipinski definition) is 4. The van der Waals surface area contributed by atoms with Gasteiger partial charge in [0.25, 0.3) is 11.8 Å². The molecule has 0 aromatic heterocycles. The van der Waals surface area contributed by atoms with Gasteiger partial charge in [0.05, 0.1) is 17.0 Å². The van der Waals surface area contributed by atoms with Gasteiger partial charge in [-0.2, -0.15) is 0 Å². The van der Waals surface area contributed by atoms with Gasteiger partial charge in [-0.15, -0.1) is 6.58 Å². The number of carbonyl (C=O) groups excluding carboxylic acids is 4. The molecule has 1 aromatic carbocycles. The zero-order valence-corrected chi connectivity index (χ0v) is 12.6. The van der Waals surface area contributed by atoms with Crippen LogP contribution in [0.5, 0.6) is 0 Å². The zero-order chi connectivity index (χ0) is 15.9. The maximum Gasteiger partial charge on any atom is 0.266 e. The average molecular weight is 316 g/mol. The zero-order valence-electron chi connectivity index (χ0n) is 11.6. The van der Waals surface area contributed by atoms with Gasteiger partial charge in [-0.25, -0.2) is 9.34 Å². The van der Waals surface area contributed by atoms with Crippen molar-refractivity contribution in [1.82, 2.24) is 9.34 Å². The standard InChI is InChI=1S/C15H13N2O4P/c1-2-5-9-8-12(18)16(13(9)19)22-17-14(20)10-6-3-4-7-11(10)15(17)21/h2-4,6-7,9,22H,1,5,8H2. The lowest BCUT2D eigenvalue weighted by molar-refractivity contribution is -0.133. The number of carbonyl (C=O) groups is 4. The van der Waals surface area contributed by atoms with Crippen LogP contribution in [-0.4, -0.2) is 33.0 Å². The largest absolute Gasteiger partial charge is 0.274 e. The van der Waals surface area contributed by atoms with Crippen LogP contribution in [-0.2, 0) is 9.59 Å². The highest BCUT2D eigenvalue weighted by Crippen LogP contribution is 2.39. The molecule has 0 radical (unpaired) electrons. The van der Waals surface area contributed by atoms with Gasteiger partial charge < -0.3 is 0 Å². The maximum absolute atomic E-state index is 12.3. The van der Waals surface area contributed by atoms with Crippen molar-refractivity contribution >= 4 is 32.5 Å². The number of benzene rings is 1. The number of hydrogen-bond donors (Lipinski definition) is 0. The van der Waals surface area contributed by atoms with E-state index in [4.69, 9.17) is 0 Å². The summed E-state index contributed by atoms with van der Waals surface area (Å²) < 4.78 is 1.98. The van der Waals surface area contributed by atoms with Crippen molar-refractivity contribution in [1.29, 1.82) is 0 Å². The Morgan fingerprint density at radius 2 is 1.68 bits per heavy atom. The third-order valence-electron chi connectivity index (χ3n) is 3.69. The molecule has 2 atom stereocenters. The van der Waals surface area contributed by atoms with Gasteiger partial charge in [0.2, 0.25) is 11.8 Å². The molecule has 2 aliphatic rings. The topological polar surface area (TPSA) is 74.8 Å². The van der Waals surface area contributed by atoms with Gasteiger partial charge in [0.1, 0.15) is 8.88 Å². The molecule has 2 unspecified atom stereocenters. The number of amides is 4. The van der Waals surface area contributed by atoms with E-state index in [0.29, 0.717) is 17.5 Å². The number of nitrogens with zero attached hydrogens (tertiary/aromatic N) is 2. The molecule has 22 heavy (non-hydrogen) atoms. The van der Waals surface area contributed by atoms with Gasteiger partial charge in [-0.3, -0.25) is 19.2 Å². The van der Waals surface area contributed by atoms with Crippen molar-refractivity contribution in [3.8, 4) is 0 Å². The summed E-state index contributed by atoms with van der Waals surface area (Å²) in [7, 11) is -0.618. The second-order valence-electron chi connectivity index (χ2n) is 5.08. The van der Waals surface area contributed by atoms with E-state index in [9.17, 15) is 19.2 Å². The minimum atomic E-state index is -0.618. The Hall–Kier alpha value is -2.33. The molecule has 0 bridgehead atoms. The van der Waals surface area contributed by atoms with Crippen LogP contribution in [0.2, 0.25) is 0 Å². The maximum atomic E-state index is 12.3. The van der Waals surface area contributed by atoms with Crippen molar-refractivity contribution in [2.24, 2.45) is 5.92 Å². The van der Waals surface area contributed by atoms with E-state index in [1.807, 2.05) is 0 Å². The summed E-state index contributed by atoms with van der Waals surface area (Å²) in [6, 6.07) is 6.47. The fraction of sp³-hybridized carbons (Fsp3) is 0.200. The first kappa shape index (κ1) is 14.6. The second kappa shape index (κ2) is 5.46. The summed E-state index contributed by atoms with van der Waals surface area (Å²) >= 11 is 0. The van der Waals surface area contributed by atoms with E-state index in [0.717, 1.165) is 9.34 Å². The minimum Gasteiger partial charge on any atom is -0.274 e. The molecular formula is C15H13N2O4P. The van der Waals surface area contributed by atoms with Crippen LogP contribution in [0.15, 0.2) is 36.9 Å². The van der Waals surface area contributed by atoms with Crippen molar-refractivity contribution in [2.45, 2.75) is 12.8 Å². The molecule has 2 heterocycles. The van der Waals surface area contributed by atoms with Gasteiger partial charge in [-0.05, 0) is 18.6 Å². The monoisotopic (exact) mass is 316 g/mol.